The van der Waals surface area contributed by atoms with E-state index in [4.69, 9.17) is 4.74 Å². The number of amides is 1. The molecule has 0 heterocycles. The Morgan fingerprint density at radius 1 is 0.900 bits per heavy atom. The second-order valence-electron chi connectivity index (χ2n) is 7.28. The number of ketones is 1. The Morgan fingerprint density at radius 3 is 2.10 bits per heavy atom. The molecule has 0 aliphatic rings. The zero-order valence-corrected chi connectivity index (χ0v) is 17.2. The van der Waals surface area contributed by atoms with Gasteiger partial charge in [-0.3, -0.25) is 9.59 Å². The van der Waals surface area contributed by atoms with Crippen LogP contribution in [0.25, 0.3) is 0 Å². The summed E-state index contributed by atoms with van der Waals surface area (Å²) in [7, 11) is 0. The Balaban J connectivity index is 1.54. The molecule has 30 heavy (non-hydrogen) atoms. The van der Waals surface area contributed by atoms with E-state index < -0.39 is 0 Å². The summed E-state index contributed by atoms with van der Waals surface area (Å²) in [5, 5.41) is 2.92. The maximum Gasteiger partial charge on any atom is 0.258 e. The third-order valence-electron chi connectivity index (χ3n) is 5.00. The van der Waals surface area contributed by atoms with Crippen LogP contribution in [0, 0.1) is 19.7 Å². The molecule has 0 fully saturated rings. The molecule has 0 unspecified atom stereocenters. The first-order chi connectivity index (χ1) is 14.3. The molecule has 154 valence electrons. The highest BCUT2D eigenvalue weighted by Gasteiger charge is 2.12. The molecule has 3 aromatic rings. The lowest BCUT2D eigenvalue weighted by Crippen LogP contribution is -2.31. The Morgan fingerprint density at radius 2 is 1.50 bits per heavy atom. The zero-order chi connectivity index (χ0) is 21.7. The maximum atomic E-state index is 13.0. The molecule has 0 aliphatic heterocycles. The van der Waals surface area contributed by atoms with Crippen LogP contribution in [0.3, 0.4) is 0 Å². The van der Waals surface area contributed by atoms with E-state index in [0.29, 0.717) is 16.9 Å². The van der Waals surface area contributed by atoms with Gasteiger partial charge in [-0.1, -0.05) is 18.2 Å². The molecule has 1 N–H and O–H groups in total. The average molecular weight is 405 g/mol. The Bertz CT molecular complexity index is 1040. The standard InChI is InChI=1S/C25H24FNO3/c1-16-4-5-21(14-17(16)2)18(3)27-24(28)15-30-23-12-8-20(9-13-23)25(29)19-6-10-22(26)11-7-19/h4-14,18H,15H2,1-3H3,(H,27,28)/t18-/m0/s1. The van der Waals surface area contributed by atoms with Crippen LogP contribution in [-0.2, 0) is 4.79 Å². The molecule has 0 saturated heterocycles. The number of hydrogen-bond acceptors (Lipinski definition) is 3. The minimum absolute atomic E-state index is 0.125. The zero-order valence-electron chi connectivity index (χ0n) is 17.2. The smallest absolute Gasteiger partial charge is 0.258 e. The number of halogens is 1. The van der Waals surface area contributed by atoms with Crippen molar-refractivity contribution in [3.63, 3.8) is 0 Å². The van der Waals surface area contributed by atoms with E-state index in [1.54, 1.807) is 24.3 Å². The highest BCUT2D eigenvalue weighted by molar-refractivity contribution is 6.09. The average Bonchev–Trinajstić information content (AvgIpc) is 2.74. The Labute approximate surface area is 175 Å². The van der Waals surface area contributed by atoms with Gasteiger partial charge in [0.05, 0.1) is 6.04 Å². The number of aryl methyl sites for hydroxylation is 2. The van der Waals surface area contributed by atoms with Crippen molar-refractivity contribution in [1.29, 1.82) is 0 Å². The van der Waals surface area contributed by atoms with E-state index >= 15 is 0 Å². The van der Waals surface area contributed by atoms with E-state index in [9.17, 15) is 14.0 Å². The summed E-state index contributed by atoms with van der Waals surface area (Å²) in [6, 6.07) is 17.9. The number of nitrogens with one attached hydrogen (secondary N) is 1. The van der Waals surface area contributed by atoms with Gasteiger partial charge in [0.25, 0.3) is 5.91 Å². The number of hydrogen-bond donors (Lipinski definition) is 1. The highest BCUT2D eigenvalue weighted by atomic mass is 19.1. The molecule has 0 aromatic heterocycles. The predicted octanol–water partition coefficient (Wildman–Crippen LogP) is 4.93. The summed E-state index contributed by atoms with van der Waals surface area (Å²) < 4.78 is 18.5. The first kappa shape index (κ1) is 21.2. The second kappa shape index (κ2) is 9.35. The normalized spacial score (nSPS) is 11.6. The van der Waals surface area contributed by atoms with Crippen molar-refractivity contribution in [1.82, 2.24) is 5.32 Å². The summed E-state index contributed by atoms with van der Waals surface area (Å²) in [5.74, 6) is -0.339. The van der Waals surface area contributed by atoms with E-state index in [1.165, 1.54) is 35.4 Å². The van der Waals surface area contributed by atoms with Gasteiger partial charge in [0.2, 0.25) is 0 Å². The predicted molar refractivity (Wildman–Crippen MR) is 114 cm³/mol. The summed E-state index contributed by atoms with van der Waals surface area (Å²) in [5.41, 5.74) is 4.30. The molecule has 0 aliphatic carbocycles. The van der Waals surface area contributed by atoms with Crippen molar-refractivity contribution in [2.24, 2.45) is 0 Å². The molecule has 1 amide bonds. The number of carbonyl (C=O) groups excluding carboxylic acids is 2. The SMILES string of the molecule is Cc1ccc([C@H](C)NC(=O)COc2ccc(C(=O)c3ccc(F)cc3)cc2)cc1C. The molecular weight excluding hydrogens is 381 g/mol. The Kier molecular flexibility index (Phi) is 6.62. The molecule has 0 spiro atoms. The van der Waals surface area contributed by atoms with Gasteiger partial charge in [0.1, 0.15) is 11.6 Å². The first-order valence-electron chi connectivity index (χ1n) is 9.73. The van der Waals surface area contributed by atoms with Crippen LogP contribution in [0.2, 0.25) is 0 Å². The summed E-state index contributed by atoms with van der Waals surface area (Å²) >= 11 is 0. The summed E-state index contributed by atoms with van der Waals surface area (Å²) in [6.07, 6.45) is 0. The molecule has 0 bridgehead atoms. The minimum Gasteiger partial charge on any atom is -0.484 e. The lowest BCUT2D eigenvalue weighted by atomic mass is 10.0. The van der Waals surface area contributed by atoms with Crippen LogP contribution in [0.1, 0.15) is 45.6 Å². The molecular formula is C25H24FNO3. The quantitative estimate of drug-likeness (QED) is 0.567. The van der Waals surface area contributed by atoms with Crippen molar-refractivity contribution >= 4 is 11.7 Å². The van der Waals surface area contributed by atoms with Gasteiger partial charge in [-0.05, 0) is 86.0 Å². The largest absolute Gasteiger partial charge is 0.484 e. The van der Waals surface area contributed by atoms with Gasteiger partial charge in [0.15, 0.2) is 12.4 Å². The van der Waals surface area contributed by atoms with Gasteiger partial charge in [0, 0.05) is 11.1 Å². The van der Waals surface area contributed by atoms with Crippen LogP contribution < -0.4 is 10.1 Å². The van der Waals surface area contributed by atoms with Gasteiger partial charge in [-0.2, -0.15) is 0 Å². The summed E-state index contributed by atoms with van der Waals surface area (Å²) in [4.78, 5) is 24.6. The van der Waals surface area contributed by atoms with Crippen LogP contribution in [0.4, 0.5) is 4.39 Å². The van der Waals surface area contributed by atoms with E-state index in [2.05, 4.69) is 18.3 Å². The van der Waals surface area contributed by atoms with Crippen molar-refractivity contribution in [2.45, 2.75) is 26.8 Å². The van der Waals surface area contributed by atoms with Crippen LogP contribution in [-0.4, -0.2) is 18.3 Å². The fourth-order valence-electron chi connectivity index (χ4n) is 3.02. The molecule has 0 saturated carbocycles. The first-order valence-corrected chi connectivity index (χ1v) is 9.73. The van der Waals surface area contributed by atoms with Crippen molar-refractivity contribution in [3.05, 3.63) is 100 Å². The number of carbonyl (C=O) groups is 2. The van der Waals surface area contributed by atoms with Crippen molar-refractivity contribution in [2.75, 3.05) is 6.61 Å². The van der Waals surface area contributed by atoms with Gasteiger partial charge in [-0.25, -0.2) is 4.39 Å². The number of benzene rings is 3. The van der Waals surface area contributed by atoms with Crippen molar-refractivity contribution in [3.8, 4) is 5.75 Å². The van der Waals surface area contributed by atoms with Gasteiger partial charge < -0.3 is 10.1 Å². The maximum absolute atomic E-state index is 13.0. The fraction of sp³-hybridized carbons (Fsp3) is 0.200. The molecule has 3 rings (SSSR count). The fourth-order valence-corrected chi connectivity index (χ4v) is 3.02. The molecule has 0 radical (unpaired) electrons. The lowest BCUT2D eigenvalue weighted by molar-refractivity contribution is -0.123. The van der Waals surface area contributed by atoms with Crippen molar-refractivity contribution < 1.29 is 18.7 Å². The third kappa shape index (κ3) is 5.32. The second-order valence-corrected chi connectivity index (χ2v) is 7.28. The summed E-state index contributed by atoms with van der Waals surface area (Å²) in [6.45, 7) is 5.90. The molecule has 5 heteroatoms. The lowest BCUT2D eigenvalue weighted by Gasteiger charge is -2.16. The molecule has 1 atom stereocenters. The number of ether oxygens (including phenoxy) is 1. The third-order valence-corrected chi connectivity index (χ3v) is 5.00. The topological polar surface area (TPSA) is 55.4 Å². The van der Waals surface area contributed by atoms with Gasteiger partial charge in [-0.15, -0.1) is 0 Å². The van der Waals surface area contributed by atoms with Gasteiger partial charge >= 0.3 is 0 Å². The highest BCUT2D eigenvalue weighted by Crippen LogP contribution is 2.18. The van der Waals surface area contributed by atoms with E-state index in [1.807, 2.05) is 26.0 Å². The van der Waals surface area contributed by atoms with E-state index in [-0.39, 0.29) is 30.2 Å². The minimum atomic E-state index is -0.389. The van der Waals surface area contributed by atoms with Crippen LogP contribution in [0.5, 0.6) is 5.75 Å². The van der Waals surface area contributed by atoms with Crippen LogP contribution >= 0.6 is 0 Å². The van der Waals surface area contributed by atoms with Crippen LogP contribution in [0.15, 0.2) is 66.7 Å². The monoisotopic (exact) mass is 405 g/mol. The Hall–Kier alpha value is -3.47. The molecule has 4 nitrogen and oxygen atoms in total. The van der Waals surface area contributed by atoms with E-state index in [0.717, 1.165) is 5.56 Å². The molecule has 3 aromatic carbocycles. The number of rotatable bonds is 7.